The molecule has 20 heavy (non-hydrogen) atoms. The van der Waals surface area contributed by atoms with Crippen molar-refractivity contribution in [3.8, 4) is 0 Å². The normalized spacial score (nSPS) is 21.9. The summed E-state index contributed by atoms with van der Waals surface area (Å²) in [5.41, 5.74) is 0.920. The van der Waals surface area contributed by atoms with Gasteiger partial charge in [0, 0.05) is 22.3 Å². The Morgan fingerprint density at radius 3 is 2.70 bits per heavy atom. The molecule has 6 heteroatoms. The van der Waals surface area contributed by atoms with Crippen molar-refractivity contribution >= 4 is 40.3 Å². The average Bonchev–Trinajstić information content (AvgIpc) is 2.77. The van der Waals surface area contributed by atoms with Crippen LogP contribution in [0.1, 0.15) is 18.9 Å². The summed E-state index contributed by atoms with van der Waals surface area (Å²) in [4.78, 5) is 24.9. The first kappa shape index (κ1) is 15.1. The second-order valence-corrected chi connectivity index (χ2v) is 6.67. The first-order valence-electron chi connectivity index (χ1n) is 6.37. The number of rotatable bonds is 2. The molecular weight excluding hydrogens is 371 g/mol. The number of nitrogens with zero attached hydrogens (tertiary/aromatic N) is 1. The van der Waals surface area contributed by atoms with Crippen LogP contribution in [0.25, 0.3) is 0 Å². The molecule has 0 radical (unpaired) electrons. The molecule has 108 valence electrons. The van der Waals surface area contributed by atoms with E-state index in [2.05, 4.69) is 27.9 Å². The molecule has 0 aromatic heterocycles. The topological polar surface area (TPSA) is 69.6 Å². The van der Waals surface area contributed by atoms with E-state index in [1.807, 2.05) is 25.1 Å². The predicted molar refractivity (Wildman–Crippen MR) is 84.8 cm³/mol. The van der Waals surface area contributed by atoms with Crippen molar-refractivity contribution in [2.45, 2.75) is 20.3 Å². The van der Waals surface area contributed by atoms with E-state index in [4.69, 9.17) is 0 Å². The molecule has 1 fully saturated rings. The Morgan fingerprint density at radius 1 is 1.45 bits per heavy atom. The summed E-state index contributed by atoms with van der Waals surface area (Å²) in [6, 6.07) is 5.54. The number of hydrogen-bond donors (Lipinski definition) is 2. The minimum atomic E-state index is -0.849. The van der Waals surface area contributed by atoms with Gasteiger partial charge in [0.05, 0.1) is 5.41 Å². The Balaban J connectivity index is 2.05. The van der Waals surface area contributed by atoms with Gasteiger partial charge in [-0.25, -0.2) is 4.79 Å². The number of carboxylic acids is 1. The van der Waals surface area contributed by atoms with Crippen molar-refractivity contribution in [1.82, 2.24) is 4.90 Å². The van der Waals surface area contributed by atoms with Gasteiger partial charge in [-0.1, -0.05) is 0 Å². The maximum Gasteiger partial charge on any atom is 0.321 e. The number of carbonyl (C=O) groups excluding carboxylic acids is 1. The van der Waals surface area contributed by atoms with Gasteiger partial charge in [0.25, 0.3) is 0 Å². The second kappa shape index (κ2) is 5.59. The van der Waals surface area contributed by atoms with Crippen LogP contribution in [-0.2, 0) is 4.79 Å². The lowest BCUT2D eigenvalue weighted by atomic mass is 9.90. The summed E-state index contributed by atoms with van der Waals surface area (Å²) in [7, 11) is 0. The molecule has 1 heterocycles. The minimum absolute atomic E-state index is 0.237. The summed E-state index contributed by atoms with van der Waals surface area (Å²) in [6.07, 6.45) is 0.488. The van der Waals surface area contributed by atoms with E-state index in [0.717, 1.165) is 14.8 Å². The minimum Gasteiger partial charge on any atom is -0.481 e. The van der Waals surface area contributed by atoms with Crippen molar-refractivity contribution in [2.24, 2.45) is 5.41 Å². The molecule has 1 unspecified atom stereocenters. The van der Waals surface area contributed by atoms with Crippen molar-refractivity contribution < 1.29 is 14.7 Å². The highest BCUT2D eigenvalue weighted by Crippen LogP contribution is 2.30. The number of halogens is 1. The van der Waals surface area contributed by atoms with E-state index in [1.165, 1.54) is 0 Å². The Hall–Kier alpha value is -1.31. The molecule has 1 aliphatic heterocycles. The van der Waals surface area contributed by atoms with Gasteiger partial charge in [0.1, 0.15) is 0 Å². The lowest BCUT2D eigenvalue weighted by Gasteiger charge is -2.21. The first-order valence-corrected chi connectivity index (χ1v) is 7.45. The molecule has 2 amide bonds. The Morgan fingerprint density at radius 2 is 2.15 bits per heavy atom. The van der Waals surface area contributed by atoms with Crippen LogP contribution in [0, 0.1) is 15.9 Å². The third-order valence-corrected chi connectivity index (χ3v) is 4.38. The van der Waals surface area contributed by atoms with Gasteiger partial charge in [-0.05, 0) is 66.6 Å². The highest BCUT2D eigenvalue weighted by atomic mass is 127. The van der Waals surface area contributed by atoms with Crippen molar-refractivity contribution in [2.75, 3.05) is 18.4 Å². The molecule has 1 atom stereocenters. The highest BCUT2D eigenvalue weighted by molar-refractivity contribution is 14.1. The number of benzene rings is 1. The van der Waals surface area contributed by atoms with Crippen molar-refractivity contribution in [3.05, 3.63) is 27.3 Å². The largest absolute Gasteiger partial charge is 0.481 e. The third-order valence-electron chi connectivity index (χ3n) is 3.71. The monoisotopic (exact) mass is 388 g/mol. The molecule has 5 nitrogen and oxygen atoms in total. The molecular formula is C14H17IN2O3. The van der Waals surface area contributed by atoms with Crippen LogP contribution in [0.5, 0.6) is 0 Å². The van der Waals surface area contributed by atoms with Crippen LogP contribution < -0.4 is 5.32 Å². The van der Waals surface area contributed by atoms with Gasteiger partial charge >= 0.3 is 12.0 Å². The van der Waals surface area contributed by atoms with Crippen LogP contribution in [0.4, 0.5) is 10.5 Å². The highest BCUT2D eigenvalue weighted by Gasteiger charge is 2.42. The van der Waals surface area contributed by atoms with Crippen LogP contribution in [-0.4, -0.2) is 35.1 Å². The van der Waals surface area contributed by atoms with Gasteiger partial charge in [-0.3, -0.25) is 4.79 Å². The first-order chi connectivity index (χ1) is 9.32. The zero-order valence-corrected chi connectivity index (χ0v) is 13.6. The van der Waals surface area contributed by atoms with Crippen molar-refractivity contribution in [1.29, 1.82) is 0 Å². The molecule has 1 aromatic carbocycles. The van der Waals surface area contributed by atoms with Crippen molar-refractivity contribution in [3.63, 3.8) is 0 Å². The Bertz CT molecular complexity index is 561. The molecule has 2 rings (SSSR count). The predicted octanol–water partition coefficient (Wildman–Crippen LogP) is 2.93. The molecule has 1 saturated heterocycles. The van der Waals surface area contributed by atoms with E-state index in [0.29, 0.717) is 13.0 Å². The van der Waals surface area contributed by atoms with Gasteiger partial charge in [0.2, 0.25) is 0 Å². The van der Waals surface area contributed by atoms with E-state index in [9.17, 15) is 14.7 Å². The molecule has 0 saturated carbocycles. The second-order valence-electron chi connectivity index (χ2n) is 5.43. The number of urea groups is 1. The molecule has 1 aromatic rings. The molecule has 0 aliphatic carbocycles. The summed E-state index contributed by atoms with van der Waals surface area (Å²) >= 11 is 2.22. The van der Waals surface area contributed by atoms with Gasteiger partial charge in [-0.2, -0.15) is 0 Å². The van der Waals surface area contributed by atoms with E-state index in [1.54, 1.807) is 11.8 Å². The fourth-order valence-electron chi connectivity index (χ4n) is 2.27. The zero-order valence-electron chi connectivity index (χ0n) is 11.4. The van der Waals surface area contributed by atoms with Gasteiger partial charge in [0.15, 0.2) is 0 Å². The number of amides is 2. The number of carboxylic acid groups (broad SMARTS) is 1. The van der Waals surface area contributed by atoms with Crippen LogP contribution in [0.15, 0.2) is 18.2 Å². The third kappa shape index (κ3) is 3.05. The quantitative estimate of drug-likeness (QED) is 0.766. The summed E-state index contributed by atoms with van der Waals surface area (Å²) in [5, 5.41) is 12.0. The maximum atomic E-state index is 12.2. The van der Waals surface area contributed by atoms with Gasteiger partial charge < -0.3 is 15.3 Å². The van der Waals surface area contributed by atoms with Crippen LogP contribution in [0.2, 0.25) is 0 Å². The number of anilines is 1. The number of hydrogen-bond acceptors (Lipinski definition) is 2. The number of aryl methyl sites for hydroxylation is 1. The summed E-state index contributed by atoms with van der Waals surface area (Å²) in [6.45, 7) is 4.33. The number of nitrogens with one attached hydrogen (secondary N) is 1. The Kier molecular flexibility index (Phi) is 4.22. The molecule has 2 N–H and O–H groups in total. The maximum absolute atomic E-state index is 12.2. The van der Waals surface area contributed by atoms with E-state index in [-0.39, 0.29) is 12.6 Å². The van der Waals surface area contributed by atoms with E-state index >= 15 is 0 Å². The lowest BCUT2D eigenvalue weighted by molar-refractivity contribution is -0.146. The van der Waals surface area contributed by atoms with E-state index < -0.39 is 11.4 Å². The van der Waals surface area contributed by atoms with Crippen LogP contribution >= 0.6 is 22.6 Å². The number of likely N-dealkylation sites (tertiary alicyclic amines) is 1. The van der Waals surface area contributed by atoms with Crippen LogP contribution in [0.3, 0.4) is 0 Å². The fourth-order valence-corrected chi connectivity index (χ4v) is 2.92. The average molecular weight is 388 g/mol. The smallest absolute Gasteiger partial charge is 0.321 e. The Labute approximate surface area is 131 Å². The molecule has 0 bridgehead atoms. The fraction of sp³-hybridized carbons (Fsp3) is 0.429. The van der Waals surface area contributed by atoms with Gasteiger partial charge in [-0.15, -0.1) is 0 Å². The number of aliphatic carboxylic acids is 1. The zero-order chi connectivity index (χ0) is 14.9. The molecule has 1 aliphatic rings. The standard InChI is InChI=1S/C14H17IN2O3/c1-9-7-10(15)3-4-11(9)16-13(20)17-6-5-14(2,8-17)12(18)19/h3-4,7H,5-6,8H2,1-2H3,(H,16,20)(H,18,19). The molecule has 0 spiro atoms. The SMILES string of the molecule is Cc1cc(I)ccc1NC(=O)N1CCC(C)(C(=O)O)C1. The summed E-state index contributed by atoms with van der Waals surface area (Å²) in [5.74, 6) is -0.849. The number of carbonyl (C=O) groups is 2. The lowest BCUT2D eigenvalue weighted by Crippen LogP contribution is -2.37. The summed E-state index contributed by atoms with van der Waals surface area (Å²) < 4.78 is 1.11.